The maximum atomic E-state index is 11.7. The minimum absolute atomic E-state index is 0.0582. The molecule has 0 fully saturated rings. The van der Waals surface area contributed by atoms with Crippen LogP contribution in [0.25, 0.3) is 22.5 Å². The van der Waals surface area contributed by atoms with Crippen LogP contribution in [-0.4, -0.2) is 15.3 Å². The van der Waals surface area contributed by atoms with Crippen LogP contribution in [0.2, 0.25) is 0 Å². The highest BCUT2D eigenvalue weighted by molar-refractivity contribution is 5.68. The number of H-pyrrole nitrogens is 1. The van der Waals surface area contributed by atoms with Gasteiger partial charge >= 0.3 is 5.82 Å². The lowest BCUT2D eigenvalue weighted by atomic mass is 10.1. The van der Waals surface area contributed by atoms with Gasteiger partial charge < -0.3 is 10.4 Å². The van der Waals surface area contributed by atoms with Gasteiger partial charge in [-0.2, -0.15) is 5.10 Å². The van der Waals surface area contributed by atoms with E-state index in [1.54, 1.807) is 30.6 Å². The van der Waals surface area contributed by atoms with Crippen LogP contribution in [-0.2, 0) is 0 Å². The maximum absolute atomic E-state index is 11.7. The van der Waals surface area contributed by atoms with E-state index in [1.807, 2.05) is 6.07 Å². The molecule has 0 saturated heterocycles. The van der Waals surface area contributed by atoms with Crippen LogP contribution in [0.5, 0.6) is 0 Å². The molecule has 0 saturated carbocycles. The highest BCUT2D eigenvalue weighted by Crippen LogP contribution is 2.22. The Morgan fingerprint density at radius 2 is 1.89 bits per heavy atom. The van der Waals surface area contributed by atoms with Gasteiger partial charge in [-0.25, -0.2) is 4.73 Å². The highest BCUT2D eigenvalue weighted by atomic mass is 16.5. The SMILES string of the molecule is [O-][n+]1cc[n+]([O-])c(-c2cccc(-c3cn[nH]c3)c2)n1. The summed E-state index contributed by atoms with van der Waals surface area (Å²) in [4.78, 5) is 0.355. The number of hydrogen-bond donors (Lipinski definition) is 1. The summed E-state index contributed by atoms with van der Waals surface area (Å²) in [5.41, 5.74) is 2.35. The minimum atomic E-state index is 0.0582. The molecular formula is C12H9N5O2. The second-order valence-corrected chi connectivity index (χ2v) is 3.92. The van der Waals surface area contributed by atoms with Crippen molar-refractivity contribution in [1.29, 1.82) is 0 Å². The molecule has 7 heteroatoms. The highest BCUT2D eigenvalue weighted by Gasteiger charge is 2.17. The number of nitrogens with zero attached hydrogens (tertiary/aromatic N) is 4. The van der Waals surface area contributed by atoms with Gasteiger partial charge in [0.05, 0.1) is 11.8 Å². The summed E-state index contributed by atoms with van der Waals surface area (Å²) >= 11 is 0. The average molecular weight is 255 g/mol. The number of hydrogen-bond acceptors (Lipinski definition) is 4. The molecule has 0 aliphatic carbocycles. The first-order valence-corrected chi connectivity index (χ1v) is 5.53. The zero-order valence-electron chi connectivity index (χ0n) is 9.72. The summed E-state index contributed by atoms with van der Waals surface area (Å²) in [6, 6.07) is 7.18. The quantitative estimate of drug-likeness (QED) is 0.529. The summed E-state index contributed by atoms with van der Waals surface area (Å²) in [5, 5.41) is 33.1. The fraction of sp³-hybridized carbons (Fsp3) is 0. The Bertz CT molecular complexity index is 712. The Morgan fingerprint density at radius 3 is 2.68 bits per heavy atom. The molecule has 2 heterocycles. The molecular weight excluding hydrogens is 246 g/mol. The Balaban J connectivity index is 2.11. The number of rotatable bonds is 2. The van der Waals surface area contributed by atoms with Gasteiger partial charge in [0.2, 0.25) is 5.10 Å². The van der Waals surface area contributed by atoms with Crippen molar-refractivity contribution in [2.24, 2.45) is 0 Å². The van der Waals surface area contributed by atoms with Gasteiger partial charge in [0.15, 0.2) is 6.20 Å². The van der Waals surface area contributed by atoms with Gasteiger partial charge in [0, 0.05) is 16.6 Å². The third-order valence-corrected chi connectivity index (χ3v) is 2.68. The standard InChI is InChI=1S/C12H9N5O2/c18-16-4-5-17(19)15-12(16)10-3-1-2-9(6-10)11-7-13-14-8-11/h1-8H,(H,13,14). The van der Waals surface area contributed by atoms with Crippen molar-refractivity contribution in [3.05, 3.63) is 59.5 Å². The summed E-state index contributed by atoms with van der Waals surface area (Å²) < 4.78 is 0.558. The molecule has 0 amide bonds. The Morgan fingerprint density at radius 1 is 1.05 bits per heavy atom. The van der Waals surface area contributed by atoms with E-state index >= 15 is 0 Å². The van der Waals surface area contributed by atoms with E-state index < -0.39 is 0 Å². The van der Waals surface area contributed by atoms with Crippen LogP contribution >= 0.6 is 0 Å². The van der Waals surface area contributed by atoms with E-state index in [9.17, 15) is 10.4 Å². The molecule has 0 atom stereocenters. The summed E-state index contributed by atoms with van der Waals surface area (Å²) in [7, 11) is 0. The van der Waals surface area contributed by atoms with Gasteiger partial charge in [-0.15, -0.1) is 0 Å². The smallest absolute Gasteiger partial charge is 0.408 e. The fourth-order valence-corrected chi connectivity index (χ4v) is 1.79. The Hall–Kier alpha value is -2.96. The summed E-state index contributed by atoms with van der Waals surface area (Å²) in [6.07, 6.45) is 5.60. The normalized spacial score (nSPS) is 10.5. The first kappa shape index (κ1) is 11.1. The molecule has 0 spiro atoms. The molecule has 19 heavy (non-hydrogen) atoms. The van der Waals surface area contributed by atoms with Gasteiger partial charge in [-0.05, 0) is 17.7 Å². The predicted molar refractivity (Wildman–Crippen MR) is 65.2 cm³/mol. The lowest BCUT2D eigenvalue weighted by Gasteiger charge is -2.04. The second-order valence-electron chi connectivity index (χ2n) is 3.92. The molecule has 3 rings (SSSR count). The zero-order chi connectivity index (χ0) is 13.2. The van der Waals surface area contributed by atoms with Crippen LogP contribution in [0.3, 0.4) is 0 Å². The third kappa shape index (κ3) is 2.08. The molecule has 0 aliphatic rings. The van der Waals surface area contributed by atoms with Crippen LogP contribution in [0, 0.1) is 10.4 Å². The van der Waals surface area contributed by atoms with Crippen LogP contribution < -0.4 is 9.58 Å². The molecule has 94 valence electrons. The fourth-order valence-electron chi connectivity index (χ4n) is 1.79. The first-order valence-electron chi connectivity index (χ1n) is 5.53. The number of aromatic nitrogens is 5. The van der Waals surface area contributed by atoms with E-state index in [4.69, 9.17) is 0 Å². The van der Waals surface area contributed by atoms with Gasteiger partial charge in [-0.3, -0.25) is 5.10 Å². The van der Waals surface area contributed by atoms with Crippen molar-refractivity contribution in [2.45, 2.75) is 0 Å². The van der Waals surface area contributed by atoms with Crippen molar-refractivity contribution >= 4 is 0 Å². The van der Waals surface area contributed by atoms with Gasteiger partial charge in [0.1, 0.15) is 0 Å². The lowest BCUT2D eigenvalue weighted by Crippen LogP contribution is -2.41. The van der Waals surface area contributed by atoms with Gasteiger partial charge in [-0.1, -0.05) is 12.1 Å². The molecule has 1 N–H and O–H groups in total. The molecule has 7 nitrogen and oxygen atoms in total. The van der Waals surface area contributed by atoms with Gasteiger partial charge in [0.25, 0.3) is 6.20 Å². The van der Waals surface area contributed by atoms with Crippen molar-refractivity contribution in [1.82, 2.24) is 15.3 Å². The summed E-state index contributed by atoms with van der Waals surface area (Å²) in [5.74, 6) is 0.0582. The molecule has 0 radical (unpaired) electrons. The predicted octanol–water partition coefficient (Wildman–Crippen LogP) is 0.406. The van der Waals surface area contributed by atoms with Crippen LogP contribution in [0.1, 0.15) is 0 Å². The lowest BCUT2D eigenvalue weighted by molar-refractivity contribution is -0.707. The van der Waals surface area contributed by atoms with Crippen molar-refractivity contribution in [3.63, 3.8) is 0 Å². The second kappa shape index (κ2) is 4.37. The molecule has 0 bridgehead atoms. The average Bonchev–Trinajstić information content (AvgIpc) is 2.96. The minimum Gasteiger partial charge on any atom is -0.710 e. The van der Waals surface area contributed by atoms with Crippen LogP contribution in [0.4, 0.5) is 0 Å². The first-order chi connectivity index (χ1) is 9.24. The Kier molecular flexibility index (Phi) is 2.57. The van der Waals surface area contributed by atoms with Crippen molar-refractivity contribution in [2.75, 3.05) is 0 Å². The Labute approximate surface area is 107 Å². The molecule has 3 aromatic rings. The largest absolute Gasteiger partial charge is 0.710 e. The molecule has 0 unspecified atom stereocenters. The molecule has 2 aromatic heterocycles. The topological polar surface area (TPSA) is 95.5 Å². The van der Waals surface area contributed by atoms with Crippen LogP contribution in [0.15, 0.2) is 49.1 Å². The van der Waals surface area contributed by atoms with Crippen molar-refractivity contribution < 1.29 is 9.58 Å². The number of nitrogens with one attached hydrogen (secondary N) is 1. The monoisotopic (exact) mass is 255 g/mol. The number of aromatic amines is 1. The van der Waals surface area contributed by atoms with E-state index in [2.05, 4.69) is 15.3 Å². The third-order valence-electron chi connectivity index (χ3n) is 2.68. The van der Waals surface area contributed by atoms with Crippen molar-refractivity contribution in [3.8, 4) is 22.5 Å². The summed E-state index contributed by atoms with van der Waals surface area (Å²) in [6.45, 7) is 0. The number of benzene rings is 1. The molecule has 0 aliphatic heterocycles. The van der Waals surface area contributed by atoms with E-state index in [0.717, 1.165) is 23.5 Å². The van der Waals surface area contributed by atoms with E-state index in [-0.39, 0.29) is 5.82 Å². The van der Waals surface area contributed by atoms with E-state index in [0.29, 0.717) is 15.1 Å². The molecule has 1 aromatic carbocycles. The maximum Gasteiger partial charge on any atom is 0.408 e. The zero-order valence-corrected chi connectivity index (χ0v) is 9.72. The van der Waals surface area contributed by atoms with E-state index in [1.165, 1.54) is 0 Å².